The Morgan fingerprint density at radius 1 is 0.420 bits per heavy atom. The van der Waals surface area contributed by atoms with Gasteiger partial charge in [-0.2, -0.15) is 0 Å². The molecule has 4 aromatic carbocycles. The van der Waals surface area contributed by atoms with E-state index in [0.717, 1.165) is 69.1 Å². The predicted molar refractivity (Wildman–Crippen MR) is 211 cm³/mol. The Kier molecular flexibility index (Phi) is 9.67. The standard InChI is InChI=1S/C45H52N4O/c50-45(38-15-23-42(24-16-38)48-32-5-6-33-48,39-17-25-43(26-18-39)49-34-7-8-35-49)27-9-10-44(36-11-19-40(20-12-36)46-28-1-2-29-46)37-13-21-41(22-14-37)47-30-3-4-31-47/h9-27,50H,1-8,28-35H2. The van der Waals surface area contributed by atoms with Crippen LogP contribution in [0.2, 0.25) is 0 Å². The molecule has 4 aliphatic heterocycles. The van der Waals surface area contributed by atoms with Crippen molar-refractivity contribution in [3.8, 4) is 0 Å². The highest BCUT2D eigenvalue weighted by molar-refractivity contribution is 5.82. The average molecular weight is 665 g/mol. The zero-order valence-electron chi connectivity index (χ0n) is 29.5. The van der Waals surface area contributed by atoms with E-state index in [4.69, 9.17) is 0 Å². The van der Waals surface area contributed by atoms with Crippen LogP contribution in [0.1, 0.15) is 73.6 Å². The predicted octanol–water partition coefficient (Wildman–Crippen LogP) is 9.01. The van der Waals surface area contributed by atoms with Gasteiger partial charge in [-0.15, -0.1) is 0 Å². The summed E-state index contributed by atoms with van der Waals surface area (Å²) in [5.41, 5.74) is 9.06. The van der Waals surface area contributed by atoms with Gasteiger partial charge in [-0.05, 0) is 134 Å². The Hall–Kier alpha value is -4.48. The van der Waals surface area contributed by atoms with Crippen LogP contribution >= 0.6 is 0 Å². The van der Waals surface area contributed by atoms with Crippen molar-refractivity contribution in [2.75, 3.05) is 72.0 Å². The number of hydrogen-bond donors (Lipinski definition) is 1. The Labute approximate surface area is 299 Å². The number of allylic oxidation sites excluding steroid dienone is 2. The van der Waals surface area contributed by atoms with Crippen LogP contribution in [-0.4, -0.2) is 57.5 Å². The third kappa shape index (κ3) is 6.93. The van der Waals surface area contributed by atoms with E-state index in [1.165, 1.54) is 85.2 Å². The molecule has 5 heteroatoms. The lowest BCUT2D eigenvalue weighted by Crippen LogP contribution is -2.25. The van der Waals surface area contributed by atoms with E-state index in [1.807, 2.05) is 6.08 Å². The molecule has 0 amide bonds. The summed E-state index contributed by atoms with van der Waals surface area (Å²) in [4.78, 5) is 9.87. The average Bonchev–Trinajstić information content (AvgIpc) is 4.03. The van der Waals surface area contributed by atoms with Crippen LogP contribution in [0, 0.1) is 0 Å². The first-order chi connectivity index (χ1) is 24.6. The molecule has 4 aliphatic rings. The highest BCUT2D eigenvalue weighted by Crippen LogP contribution is 2.36. The Balaban J connectivity index is 1.15. The summed E-state index contributed by atoms with van der Waals surface area (Å²) in [6.45, 7) is 8.97. The Morgan fingerprint density at radius 2 is 0.700 bits per heavy atom. The third-order valence-electron chi connectivity index (χ3n) is 11.5. The van der Waals surface area contributed by atoms with E-state index in [2.05, 4.69) is 129 Å². The molecular formula is C45H52N4O. The van der Waals surface area contributed by atoms with E-state index < -0.39 is 5.60 Å². The van der Waals surface area contributed by atoms with Crippen molar-refractivity contribution in [2.24, 2.45) is 0 Å². The molecule has 0 unspecified atom stereocenters. The molecule has 0 radical (unpaired) electrons. The van der Waals surface area contributed by atoms with Crippen LogP contribution in [0.15, 0.2) is 115 Å². The highest BCUT2D eigenvalue weighted by atomic mass is 16.3. The maximum absolute atomic E-state index is 12.7. The monoisotopic (exact) mass is 664 g/mol. The highest BCUT2D eigenvalue weighted by Gasteiger charge is 2.29. The summed E-state index contributed by atoms with van der Waals surface area (Å²) >= 11 is 0. The first-order valence-electron chi connectivity index (χ1n) is 19.2. The lowest BCUT2D eigenvalue weighted by Gasteiger charge is -2.28. The number of hydrogen-bond acceptors (Lipinski definition) is 5. The number of benzene rings is 4. The number of rotatable bonds is 10. The smallest absolute Gasteiger partial charge is 0.133 e. The fourth-order valence-electron chi connectivity index (χ4n) is 8.46. The van der Waals surface area contributed by atoms with E-state index in [1.54, 1.807) is 0 Å². The maximum atomic E-state index is 12.7. The van der Waals surface area contributed by atoms with E-state index in [-0.39, 0.29) is 0 Å². The summed E-state index contributed by atoms with van der Waals surface area (Å²) in [7, 11) is 0. The van der Waals surface area contributed by atoms with Gasteiger partial charge in [0.25, 0.3) is 0 Å². The minimum Gasteiger partial charge on any atom is -0.377 e. The zero-order chi connectivity index (χ0) is 33.8. The second-order valence-corrected chi connectivity index (χ2v) is 14.7. The van der Waals surface area contributed by atoms with Crippen LogP contribution < -0.4 is 19.6 Å². The minimum atomic E-state index is -1.28. The summed E-state index contributed by atoms with van der Waals surface area (Å²) in [6.07, 6.45) is 16.3. The molecule has 4 fully saturated rings. The topological polar surface area (TPSA) is 33.2 Å². The first kappa shape index (κ1) is 32.7. The second kappa shape index (κ2) is 14.8. The van der Waals surface area contributed by atoms with Gasteiger partial charge in [0.05, 0.1) is 0 Å². The van der Waals surface area contributed by atoms with Crippen molar-refractivity contribution < 1.29 is 5.11 Å². The zero-order valence-corrected chi connectivity index (χ0v) is 29.5. The summed E-state index contributed by atoms with van der Waals surface area (Å²) in [6, 6.07) is 35.4. The molecule has 0 bridgehead atoms. The van der Waals surface area contributed by atoms with Crippen molar-refractivity contribution in [3.63, 3.8) is 0 Å². The number of nitrogens with zero attached hydrogens (tertiary/aromatic N) is 4. The van der Waals surface area contributed by atoms with Crippen LogP contribution in [0.3, 0.4) is 0 Å². The van der Waals surface area contributed by atoms with Gasteiger partial charge < -0.3 is 24.7 Å². The van der Waals surface area contributed by atoms with Gasteiger partial charge in [-0.3, -0.25) is 0 Å². The molecule has 1 N–H and O–H groups in total. The fraction of sp³-hybridized carbons (Fsp3) is 0.378. The summed E-state index contributed by atoms with van der Waals surface area (Å²) < 4.78 is 0. The molecule has 4 heterocycles. The van der Waals surface area contributed by atoms with E-state index >= 15 is 0 Å². The molecular weight excluding hydrogens is 613 g/mol. The number of anilines is 4. The Bertz CT molecular complexity index is 1630. The Morgan fingerprint density at radius 3 is 1.00 bits per heavy atom. The molecule has 258 valence electrons. The lowest BCUT2D eigenvalue weighted by atomic mass is 9.85. The van der Waals surface area contributed by atoms with Crippen LogP contribution in [-0.2, 0) is 5.60 Å². The van der Waals surface area contributed by atoms with Gasteiger partial charge in [0, 0.05) is 75.1 Å². The molecule has 4 saturated heterocycles. The van der Waals surface area contributed by atoms with Crippen molar-refractivity contribution in [1.29, 1.82) is 0 Å². The normalized spacial score (nSPS) is 18.2. The quantitative estimate of drug-likeness (QED) is 0.171. The SMILES string of the molecule is OC(C=CC=C(c1ccc(N2CCCC2)cc1)c1ccc(N2CCCC2)cc1)(c1ccc(N2CCCC2)cc1)c1ccc(N2CCCC2)cc1. The van der Waals surface area contributed by atoms with E-state index in [9.17, 15) is 5.11 Å². The van der Waals surface area contributed by atoms with Gasteiger partial charge in [0.15, 0.2) is 0 Å². The third-order valence-corrected chi connectivity index (χ3v) is 11.5. The van der Waals surface area contributed by atoms with Crippen molar-refractivity contribution >= 4 is 28.3 Å². The van der Waals surface area contributed by atoms with Crippen molar-refractivity contribution in [1.82, 2.24) is 0 Å². The van der Waals surface area contributed by atoms with Gasteiger partial charge in [-0.25, -0.2) is 0 Å². The number of aliphatic hydroxyl groups is 1. The largest absolute Gasteiger partial charge is 0.377 e. The van der Waals surface area contributed by atoms with Gasteiger partial charge >= 0.3 is 0 Å². The van der Waals surface area contributed by atoms with Crippen molar-refractivity contribution in [2.45, 2.75) is 57.0 Å². The maximum Gasteiger partial charge on any atom is 0.133 e. The summed E-state index contributed by atoms with van der Waals surface area (Å²) in [5, 5.41) is 12.7. The minimum absolute atomic E-state index is 0.880. The van der Waals surface area contributed by atoms with Gasteiger partial charge in [0.2, 0.25) is 0 Å². The first-order valence-corrected chi connectivity index (χ1v) is 19.2. The fourth-order valence-corrected chi connectivity index (χ4v) is 8.46. The van der Waals surface area contributed by atoms with E-state index in [0.29, 0.717) is 0 Å². The molecule has 0 atom stereocenters. The van der Waals surface area contributed by atoms with Crippen LogP contribution in [0.4, 0.5) is 22.7 Å². The molecule has 0 spiro atoms. The van der Waals surface area contributed by atoms with Gasteiger partial charge in [-0.1, -0.05) is 60.7 Å². The lowest BCUT2D eigenvalue weighted by molar-refractivity contribution is 0.134. The van der Waals surface area contributed by atoms with Crippen LogP contribution in [0.25, 0.3) is 5.57 Å². The molecule has 0 aliphatic carbocycles. The molecule has 8 rings (SSSR count). The molecule has 0 saturated carbocycles. The van der Waals surface area contributed by atoms with Gasteiger partial charge in [0.1, 0.15) is 5.60 Å². The summed E-state index contributed by atoms with van der Waals surface area (Å²) in [5.74, 6) is 0. The molecule has 4 aromatic rings. The van der Waals surface area contributed by atoms with Crippen molar-refractivity contribution in [3.05, 3.63) is 138 Å². The molecule has 50 heavy (non-hydrogen) atoms. The second-order valence-electron chi connectivity index (χ2n) is 14.7. The van der Waals surface area contributed by atoms with Crippen LogP contribution in [0.5, 0.6) is 0 Å². The molecule has 0 aromatic heterocycles. The molecule has 5 nitrogen and oxygen atoms in total.